The number of nitrogens with one attached hydrogen (secondary N) is 1. The molecule has 1 N–H and O–H groups in total. The van der Waals surface area contributed by atoms with E-state index >= 15 is 0 Å². The van der Waals surface area contributed by atoms with Crippen LogP contribution in [0.3, 0.4) is 0 Å². The van der Waals surface area contributed by atoms with Crippen LogP contribution in [-0.2, 0) is 11.3 Å². The summed E-state index contributed by atoms with van der Waals surface area (Å²) in [6, 6.07) is 5.44. The number of carbonyl (C=O) groups excluding carboxylic acids is 1. The normalized spacial score (nSPS) is 16.4. The molecule has 0 bridgehead atoms. The molecular formula is C22H24N6O3. The van der Waals surface area contributed by atoms with Crippen molar-refractivity contribution in [1.82, 2.24) is 24.4 Å². The van der Waals surface area contributed by atoms with Gasteiger partial charge in [0.25, 0.3) is 5.91 Å². The van der Waals surface area contributed by atoms with Crippen LogP contribution in [-0.4, -0.2) is 49.6 Å². The zero-order valence-electron chi connectivity index (χ0n) is 17.5. The molecule has 0 saturated carbocycles. The van der Waals surface area contributed by atoms with Crippen LogP contribution in [0.25, 0.3) is 16.6 Å². The van der Waals surface area contributed by atoms with Gasteiger partial charge in [0.15, 0.2) is 5.65 Å². The molecule has 5 rings (SSSR count). The summed E-state index contributed by atoms with van der Waals surface area (Å²) in [6.07, 6.45) is 7.96. The molecule has 1 atom stereocenters. The fourth-order valence-electron chi connectivity index (χ4n) is 3.82. The number of hydrogen-bond donors (Lipinski definition) is 1. The van der Waals surface area contributed by atoms with Gasteiger partial charge in [0.1, 0.15) is 11.4 Å². The number of aromatic nitrogens is 5. The van der Waals surface area contributed by atoms with Gasteiger partial charge < -0.3 is 14.8 Å². The molecule has 4 aromatic rings. The highest BCUT2D eigenvalue weighted by Crippen LogP contribution is 2.28. The third kappa shape index (κ3) is 3.96. The average molecular weight is 420 g/mol. The Kier molecular flexibility index (Phi) is 5.03. The number of benzene rings is 1. The van der Waals surface area contributed by atoms with Crippen molar-refractivity contribution in [2.24, 2.45) is 5.92 Å². The van der Waals surface area contributed by atoms with Crippen molar-refractivity contribution in [3.05, 3.63) is 48.5 Å². The average Bonchev–Trinajstić information content (AvgIpc) is 3.47. The number of rotatable bonds is 6. The molecule has 31 heavy (non-hydrogen) atoms. The molecule has 9 heteroatoms. The summed E-state index contributed by atoms with van der Waals surface area (Å²) in [4.78, 5) is 17.5. The molecule has 1 amide bonds. The standard InChI is InChI=1S/C22H24N6O3/c1-14(2)31-20-9-18-16(12-27(26-18)11-15-4-7-30-13-15)8-17(20)22(29)25-19-10-24-28-6-3-5-23-21(19)28/h3,5-6,8-10,12,14-15H,4,7,11,13H2,1-2H3,(H,25,29). The van der Waals surface area contributed by atoms with Gasteiger partial charge >= 0.3 is 0 Å². The highest BCUT2D eigenvalue weighted by molar-refractivity contribution is 6.09. The number of hydrogen-bond acceptors (Lipinski definition) is 6. The van der Waals surface area contributed by atoms with Gasteiger partial charge in [-0.3, -0.25) is 9.48 Å². The summed E-state index contributed by atoms with van der Waals surface area (Å²) in [7, 11) is 0. The molecular weight excluding hydrogens is 396 g/mol. The van der Waals surface area contributed by atoms with Gasteiger partial charge in [0.2, 0.25) is 0 Å². The molecule has 1 aromatic carbocycles. The summed E-state index contributed by atoms with van der Waals surface area (Å²) in [5.74, 6) is 0.681. The number of amides is 1. The van der Waals surface area contributed by atoms with Crippen LogP contribution < -0.4 is 10.1 Å². The summed E-state index contributed by atoms with van der Waals surface area (Å²) in [6.45, 7) is 6.23. The number of anilines is 1. The third-order valence-electron chi connectivity index (χ3n) is 5.26. The maximum Gasteiger partial charge on any atom is 0.259 e. The Hall–Kier alpha value is -3.46. The first kappa shape index (κ1) is 19.5. The molecule has 1 unspecified atom stereocenters. The number of nitrogens with zero attached hydrogens (tertiary/aromatic N) is 5. The second-order valence-corrected chi connectivity index (χ2v) is 8.05. The zero-order chi connectivity index (χ0) is 21.4. The number of carbonyl (C=O) groups is 1. The minimum Gasteiger partial charge on any atom is -0.490 e. The lowest BCUT2D eigenvalue weighted by molar-refractivity contribution is 0.102. The monoisotopic (exact) mass is 420 g/mol. The van der Waals surface area contributed by atoms with Gasteiger partial charge in [0, 0.05) is 49.1 Å². The minimum absolute atomic E-state index is 0.0830. The van der Waals surface area contributed by atoms with E-state index < -0.39 is 0 Å². The summed E-state index contributed by atoms with van der Waals surface area (Å²) < 4.78 is 15.0. The van der Waals surface area contributed by atoms with E-state index in [0.29, 0.717) is 28.6 Å². The highest BCUT2D eigenvalue weighted by Gasteiger charge is 2.20. The number of fused-ring (bicyclic) bond motifs is 2. The largest absolute Gasteiger partial charge is 0.490 e. The first-order valence-electron chi connectivity index (χ1n) is 10.4. The van der Waals surface area contributed by atoms with Gasteiger partial charge in [0.05, 0.1) is 30.0 Å². The maximum atomic E-state index is 13.2. The van der Waals surface area contributed by atoms with Gasteiger partial charge in [-0.1, -0.05) is 0 Å². The van der Waals surface area contributed by atoms with Crippen molar-refractivity contribution in [1.29, 1.82) is 0 Å². The van der Waals surface area contributed by atoms with Crippen molar-refractivity contribution in [2.45, 2.75) is 32.9 Å². The lowest BCUT2D eigenvalue weighted by Crippen LogP contribution is -2.16. The van der Waals surface area contributed by atoms with Gasteiger partial charge in [-0.05, 0) is 32.4 Å². The van der Waals surface area contributed by atoms with E-state index in [9.17, 15) is 4.79 Å². The van der Waals surface area contributed by atoms with E-state index in [-0.39, 0.29) is 12.0 Å². The van der Waals surface area contributed by atoms with E-state index in [2.05, 4.69) is 20.5 Å². The molecule has 0 radical (unpaired) electrons. The first-order chi connectivity index (χ1) is 15.1. The van der Waals surface area contributed by atoms with Crippen molar-refractivity contribution in [2.75, 3.05) is 18.5 Å². The molecule has 0 aliphatic carbocycles. The van der Waals surface area contributed by atoms with E-state index in [1.165, 1.54) is 0 Å². The summed E-state index contributed by atoms with van der Waals surface area (Å²) in [5.41, 5.74) is 2.36. The zero-order valence-corrected chi connectivity index (χ0v) is 17.5. The lowest BCUT2D eigenvalue weighted by Gasteiger charge is -2.14. The van der Waals surface area contributed by atoms with Crippen molar-refractivity contribution in [3.8, 4) is 5.75 Å². The molecule has 3 aromatic heterocycles. The Morgan fingerprint density at radius 2 is 2.29 bits per heavy atom. The van der Waals surface area contributed by atoms with Gasteiger partial charge in [-0.2, -0.15) is 10.2 Å². The Morgan fingerprint density at radius 1 is 1.39 bits per heavy atom. The van der Waals surface area contributed by atoms with Crippen LogP contribution in [0, 0.1) is 5.92 Å². The van der Waals surface area contributed by atoms with E-state index in [1.54, 1.807) is 29.2 Å². The molecule has 1 saturated heterocycles. The Balaban J connectivity index is 1.48. The smallest absolute Gasteiger partial charge is 0.259 e. The summed E-state index contributed by atoms with van der Waals surface area (Å²) in [5, 5.41) is 12.7. The quantitative estimate of drug-likeness (QED) is 0.515. The van der Waals surface area contributed by atoms with Crippen LogP contribution in [0.2, 0.25) is 0 Å². The fraction of sp³-hybridized carbons (Fsp3) is 0.364. The van der Waals surface area contributed by atoms with Gasteiger partial charge in [-0.25, -0.2) is 9.50 Å². The van der Waals surface area contributed by atoms with Crippen molar-refractivity contribution >= 4 is 28.1 Å². The van der Waals surface area contributed by atoms with E-state index in [4.69, 9.17) is 9.47 Å². The SMILES string of the molecule is CC(C)Oc1cc2nn(CC3CCOC3)cc2cc1C(=O)Nc1cnn2cccnc12. The molecule has 1 fully saturated rings. The van der Waals surface area contributed by atoms with E-state index in [1.807, 2.05) is 36.9 Å². The Labute approximate surface area is 179 Å². The maximum absolute atomic E-state index is 13.2. The predicted molar refractivity (Wildman–Crippen MR) is 115 cm³/mol. The first-order valence-corrected chi connectivity index (χ1v) is 10.4. The predicted octanol–water partition coefficient (Wildman–Crippen LogP) is 3.16. The van der Waals surface area contributed by atoms with Gasteiger partial charge in [-0.15, -0.1) is 0 Å². The lowest BCUT2D eigenvalue weighted by atomic mass is 10.1. The molecule has 0 spiro atoms. The second kappa shape index (κ2) is 7.99. The Morgan fingerprint density at radius 3 is 3.10 bits per heavy atom. The highest BCUT2D eigenvalue weighted by atomic mass is 16.5. The van der Waals surface area contributed by atoms with Crippen LogP contribution in [0.1, 0.15) is 30.6 Å². The van der Waals surface area contributed by atoms with Crippen LogP contribution >= 0.6 is 0 Å². The molecule has 9 nitrogen and oxygen atoms in total. The van der Waals surface area contributed by atoms with E-state index in [0.717, 1.165) is 37.1 Å². The Bertz CT molecular complexity index is 1240. The van der Waals surface area contributed by atoms with Crippen molar-refractivity contribution < 1.29 is 14.3 Å². The molecule has 1 aliphatic rings. The second-order valence-electron chi connectivity index (χ2n) is 8.05. The molecule has 1 aliphatic heterocycles. The summed E-state index contributed by atoms with van der Waals surface area (Å²) >= 11 is 0. The third-order valence-corrected chi connectivity index (χ3v) is 5.26. The molecule has 4 heterocycles. The van der Waals surface area contributed by atoms with Crippen LogP contribution in [0.5, 0.6) is 5.75 Å². The fourth-order valence-corrected chi connectivity index (χ4v) is 3.82. The topological polar surface area (TPSA) is 95.6 Å². The van der Waals surface area contributed by atoms with Crippen LogP contribution in [0.4, 0.5) is 5.69 Å². The minimum atomic E-state index is -0.282. The van der Waals surface area contributed by atoms with Crippen LogP contribution in [0.15, 0.2) is 43.0 Å². The van der Waals surface area contributed by atoms with Crippen molar-refractivity contribution in [3.63, 3.8) is 0 Å². The number of ether oxygens (including phenoxy) is 2. The molecule has 160 valence electrons.